The lowest BCUT2D eigenvalue weighted by Gasteiger charge is -2.25. The molecule has 0 amide bonds. The van der Waals surface area contributed by atoms with Gasteiger partial charge in [0, 0.05) is 22.1 Å². The molecule has 0 saturated carbocycles. The molecule has 2 aromatic carbocycles. The number of aromatic hydroxyl groups is 2. The lowest BCUT2D eigenvalue weighted by atomic mass is 10.0. The predicted octanol–water partition coefficient (Wildman–Crippen LogP) is 4.34. The second kappa shape index (κ2) is 5.03. The van der Waals surface area contributed by atoms with Crippen molar-refractivity contribution in [3.8, 4) is 11.5 Å². The summed E-state index contributed by atoms with van der Waals surface area (Å²) in [5, 5.41) is 22.9. The molecule has 0 aliphatic carbocycles. The van der Waals surface area contributed by atoms with Crippen LogP contribution in [0, 0.1) is 0 Å². The summed E-state index contributed by atoms with van der Waals surface area (Å²) in [6.45, 7) is 0. The highest BCUT2D eigenvalue weighted by Crippen LogP contribution is 2.67. The third-order valence-electron chi connectivity index (χ3n) is 5.59. The summed E-state index contributed by atoms with van der Waals surface area (Å²) < 4.78 is 13.9. The van der Waals surface area contributed by atoms with Crippen molar-refractivity contribution in [1.29, 1.82) is 0 Å². The molecule has 2 heterocycles. The molecule has 4 heteroatoms. The SMILES string of the molecule is O=P1(c2cc(O)c3ccccc3c2O)C2CCCCC1CC2. The Morgan fingerprint density at radius 1 is 0.909 bits per heavy atom. The molecule has 0 spiro atoms. The summed E-state index contributed by atoms with van der Waals surface area (Å²) in [6.07, 6.45) is 6.22. The Kier molecular flexibility index (Phi) is 3.23. The molecule has 2 bridgehead atoms. The number of phenolic OH excluding ortho intramolecular Hbond substituents is 2. The van der Waals surface area contributed by atoms with Gasteiger partial charge in [-0.15, -0.1) is 0 Å². The van der Waals surface area contributed by atoms with Gasteiger partial charge in [-0.25, -0.2) is 0 Å². The summed E-state index contributed by atoms with van der Waals surface area (Å²) >= 11 is 0. The molecule has 2 atom stereocenters. The molecule has 2 fully saturated rings. The summed E-state index contributed by atoms with van der Waals surface area (Å²) in [5.74, 6) is 0.248. The summed E-state index contributed by atoms with van der Waals surface area (Å²) in [4.78, 5) is 0. The molecule has 3 nitrogen and oxygen atoms in total. The monoisotopic (exact) mass is 316 g/mol. The Bertz CT molecular complexity index is 765. The van der Waals surface area contributed by atoms with E-state index in [-0.39, 0.29) is 22.8 Å². The molecule has 2 aliphatic rings. The Morgan fingerprint density at radius 3 is 2.14 bits per heavy atom. The number of fused-ring (bicyclic) bond motifs is 3. The van der Waals surface area contributed by atoms with Crippen molar-refractivity contribution in [2.24, 2.45) is 0 Å². The largest absolute Gasteiger partial charge is 0.507 e. The number of rotatable bonds is 1. The normalized spacial score (nSPS) is 31.3. The van der Waals surface area contributed by atoms with Crippen LogP contribution in [0.3, 0.4) is 0 Å². The van der Waals surface area contributed by atoms with Crippen molar-refractivity contribution in [2.45, 2.75) is 49.8 Å². The van der Waals surface area contributed by atoms with Gasteiger partial charge in [0.2, 0.25) is 0 Å². The second-order valence-corrected chi connectivity index (χ2v) is 10.0. The number of benzene rings is 2. The molecule has 2 aliphatic heterocycles. The van der Waals surface area contributed by atoms with Crippen LogP contribution in [0.1, 0.15) is 38.5 Å². The van der Waals surface area contributed by atoms with Crippen molar-refractivity contribution >= 4 is 23.2 Å². The van der Waals surface area contributed by atoms with Crippen LogP contribution in [0.15, 0.2) is 30.3 Å². The van der Waals surface area contributed by atoms with Crippen molar-refractivity contribution in [3.05, 3.63) is 30.3 Å². The van der Waals surface area contributed by atoms with Gasteiger partial charge in [-0.2, -0.15) is 0 Å². The van der Waals surface area contributed by atoms with Crippen LogP contribution >= 0.6 is 7.14 Å². The van der Waals surface area contributed by atoms with E-state index in [4.69, 9.17) is 0 Å². The molecule has 2 N–H and O–H groups in total. The zero-order valence-corrected chi connectivity index (χ0v) is 13.4. The molecule has 0 aromatic heterocycles. The first-order valence-corrected chi connectivity index (χ1v) is 10.0. The van der Waals surface area contributed by atoms with Crippen LogP contribution in [-0.2, 0) is 4.57 Å². The second-order valence-electron chi connectivity index (χ2n) is 6.69. The van der Waals surface area contributed by atoms with E-state index in [1.165, 1.54) is 0 Å². The molecule has 4 rings (SSSR count). The van der Waals surface area contributed by atoms with Gasteiger partial charge in [0.15, 0.2) is 0 Å². The summed E-state index contributed by atoms with van der Waals surface area (Å²) in [7, 11) is -2.66. The summed E-state index contributed by atoms with van der Waals surface area (Å²) in [6, 6.07) is 8.82. The summed E-state index contributed by atoms with van der Waals surface area (Å²) in [5.41, 5.74) is 0.373. The highest BCUT2D eigenvalue weighted by molar-refractivity contribution is 7.73. The fourth-order valence-electron chi connectivity index (χ4n) is 4.49. The van der Waals surface area contributed by atoms with Gasteiger partial charge in [-0.05, 0) is 31.7 Å². The first-order valence-electron chi connectivity index (χ1n) is 8.16. The topological polar surface area (TPSA) is 57.5 Å². The smallest absolute Gasteiger partial charge is 0.134 e. The van der Waals surface area contributed by atoms with Gasteiger partial charge in [0.25, 0.3) is 0 Å². The van der Waals surface area contributed by atoms with E-state index in [9.17, 15) is 14.8 Å². The van der Waals surface area contributed by atoms with Crippen LogP contribution < -0.4 is 5.30 Å². The Hall–Kier alpha value is -1.47. The zero-order chi connectivity index (χ0) is 15.3. The Labute approximate surface area is 130 Å². The quantitative estimate of drug-likeness (QED) is 0.607. The number of hydrogen-bond donors (Lipinski definition) is 2. The Balaban J connectivity index is 1.98. The van der Waals surface area contributed by atoms with Crippen LogP contribution in [-0.4, -0.2) is 21.5 Å². The third kappa shape index (κ3) is 1.85. The van der Waals surface area contributed by atoms with Gasteiger partial charge in [0.05, 0.1) is 5.30 Å². The average Bonchev–Trinajstić information content (AvgIpc) is 2.72. The van der Waals surface area contributed by atoms with E-state index in [2.05, 4.69) is 0 Å². The minimum absolute atomic E-state index is 0.121. The van der Waals surface area contributed by atoms with E-state index in [1.807, 2.05) is 12.1 Å². The van der Waals surface area contributed by atoms with Crippen LogP contribution in [0.5, 0.6) is 11.5 Å². The van der Waals surface area contributed by atoms with E-state index >= 15 is 0 Å². The zero-order valence-electron chi connectivity index (χ0n) is 12.5. The van der Waals surface area contributed by atoms with E-state index in [0.29, 0.717) is 16.1 Å². The fraction of sp³-hybridized carbons (Fsp3) is 0.444. The minimum atomic E-state index is -2.66. The van der Waals surface area contributed by atoms with Gasteiger partial charge < -0.3 is 14.8 Å². The van der Waals surface area contributed by atoms with Crippen LogP contribution in [0.4, 0.5) is 0 Å². The molecule has 116 valence electrons. The van der Waals surface area contributed by atoms with E-state index in [1.54, 1.807) is 18.2 Å². The minimum Gasteiger partial charge on any atom is -0.507 e. The van der Waals surface area contributed by atoms with Gasteiger partial charge >= 0.3 is 0 Å². The van der Waals surface area contributed by atoms with E-state index < -0.39 is 7.14 Å². The maximum Gasteiger partial charge on any atom is 0.134 e. The molecule has 2 saturated heterocycles. The lowest BCUT2D eigenvalue weighted by Crippen LogP contribution is -2.18. The number of phenols is 2. The van der Waals surface area contributed by atoms with Crippen LogP contribution in [0.25, 0.3) is 10.8 Å². The van der Waals surface area contributed by atoms with Crippen molar-refractivity contribution in [2.75, 3.05) is 0 Å². The molecule has 2 aromatic rings. The fourth-order valence-corrected chi connectivity index (χ4v) is 8.84. The van der Waals surface area contributed by atoms with Crippen molar-refractivity contribution < 1.29 is 14.8 Å². The maximum atomic E-state index is 13.9. The van der Waals surface area contributed by atoms with Crippen LogP contribution in [0.2, 0.25) is 0 Å². The molecule has 0 radical (unpaired) electrons. The first kappa shape index (κ1) is 14.1. The average molecular weight is 316 g/mol. The van der Waals surface area contributed by atoms with Crippen molar-refractivity contribution in [1.82, 2.24) is 0 Å². The molecular weight excluding hydrogens is 295 g/mol. The van der Waals surface area contributed by atoms with Gasteiger partial charge in [-0.3, -0.25) is 0 Å². The molecular formula is C18H21O3P. The highest BCUT2D eigenvalue weighted by Gasteiger charge is 2.49. The first-order chi connectivity index (χ1) is 10.6. The predicted molar refractivity (Wildman–Crippen MR) is 89.8 cm³/mol. The van der Waals surface area contributed by atoms with Gasteiger partial charge in [-0.1, -0.05) is 37.1 Å². The maximum absolute atomic E-state index is 13.9. The standard InChI is InChI=1S/C18H21O3P/c19-16-11-17(18(20)15-8-4-3-7-14(15)16)22(21)12-5-1-2-6-13(22)10-9-12/h3-4,7-8,11-13,19-20H,1-2,5-6,9-10H2. The molecule has 22 heavy (non-hydrogen) atoms. The highest BCUT2D eigenvalue weighted by atomic mass is 31.2. The van der Waals surface area contributed by atoms with E-state index in [0.717, 1.165) is 38.5 Å². The lowest BCUT2D eigenvalue weighted by molar-refractivity contribution is 0.472. The van der Waals surface area contributed by atoms with Crippen molar-refractivity contribution in [3.63, 3.8) is 0 Å². The number of hydrogen-bond acceptors (Lipinski definition) is 3. The Morgan fingerprint density at radius 2 is 1.50 bits per heavy atom. The third-order valence-corrected chi connectivity index (χ3v) is 9.89. The van der Waals surface area contributed by atoms with Gasteiger partial charge in [0.1, 0.15) is 18.6 Å². The molecule has 2 unspecified atom stereocenters.